The quantitative estimate of drug-likeness (QED) is 0.604. The Morgan fingerprint density at radius 1 is 1.28 bits per heavy atom. The maximum absolute atomic E-state index is 12.1. The molecule has 1 aliphatic heterocycles. The van der Waals surface area contributed by atoms with E-state index in [1.807, 2.05) is 0 Å². The monoisotopic (exact) mass is 356 g/mol. The number of carbonyl (C=O) groups excluding carboxylic acids is 2. The molecule has 0 bridgehead atoms. The lowest BCUT2D eigenvalue weighted by atomic mass is 10.2. The first-order chi connectivity index (χ1) is 11.8. The molecule has 0 spiro atoms. The number of hydrogen-bond acceptors (Lipinski definition) is 3. The third-order valence-electron chi connectivity index (χ3n) is 3.62. The molecule has 8 heteroatoms. The number of carbonyl (C=O) groups is 2. The second-order valence-electron chi connectivity index (χ2n) is 5.58. The van der Waals surface area contributed by atoms with Crippen molar-refractivity contribution in [3.63, 3.8) is 0 Å². The van der Waals surface area contributed by atoms with Crippen LogP contribution in [-0.4, -0.2) is 42.7 Å². The van der Waals surface area contributed by atoms with Gasteiger partial charge in [-0.05, 0) is 36.6 Å². The van der Waals surface area contributed by atoms with E-state index in [9.17, 15) is 22.8 Å². The number of amides is 2. The number of ether oxygens (including phenoxy) is 1. The van der Waals surface area contributed by atoms with Gasteiger partial charge in [-0.2, -0.15) is 0 Å². The summed E-state index contributed by atoms with van der Waals surface area (Å²) >= 11 is 0. The molecule has 25 heavy (non-hydrogen) atoms. The second-order valence-corrected chi connectivity index (χ2v) is 5.58. The molecule has 1 aromatic carbocycles. The Kier molecular flexibility index (Phi) is 6.44. The van der Waals surface area contributed by atoms with Crippen LogP contribution in [0.15, 0.2) is 30.3 Å². The minimum absolute atomic E-state index is 0.157. The van der Waals surface area contributed by atoms with Crippen molar-refractivity contribution >= 4 is 17.9 Å². The van der Waals surface area contributed by atoms with E-state index in [-0.39, 0.29) is 17.6 Å². The molecule has 0 saturated carbocycles. The van der Waals surface area contributed by atoms with E-state index in [0.717, 1.165) is 13.0 Å². The molecule has 1 heterocycles. The van der Waals surface area contributed by atoms with Crippen LogP contribution in [0.1, 0.15) is 24.8 Å². The smallest absolute Gasteiger partial charge is 0.406 e. The molecule has 1 saturated heterocycles. The van der Waals surface area contributed by atoms with Crippen LogP contribution in [0.3, 0.4) is 0 Å². The maximum Gasteiger partial charge on any atom is 0.573 e. The molecule has 0 unspecified atom stereocenters. The van der Waals surface area contributed by atoms with Gasteiger partial charge in [-0.25, -0.2) is 0 Å². The molecule has 0 radical (unpaired) electrons. The van der Waals surface area contributed by atoms with Crippen LogP contribution in [0.4, 0.5) is 13.2 Å². The predicted octanol–water partition coefficient (Wildman–Crippen LogP) is 2.73. The van der Waals surface area contributed by atoms with Gasteiger partial charge in [-0.3, -0.25) is 9.59 Å². The Hall–Kier alpha value is -2.51. The van der Waals surface area contributed by atoms with Gasteiger partial charge in [0.15, 0.2) is 0 Å². The molecule has 2 rings (SSSR count). The van der Waals surface area contributed by atoms with Crippen molar-refractivity contribution in [2.75, 3.05) is 19.6 Å². The lowest BCUT2D eigenvalue weighted by molar-refractivity contribution is -0.274. The summed E-state index contributed by atoms with van der Waals surface area (Å²) in [7, 11) is 0. The average molecular weight is 356 g/mol. The fraction of sp³-hybridized carbons (Fsp3) is 0.412. The first kappa shape index (κ1) is 18.8. The van der Waals surface area contributed by atoms with Crippen LogP contribution in [0.25, 0.3) is 6.08 Å². The summed E-state index contributed by atoms with van der Waals surface area (Å²) < 4.78 is 39.9. The SMILES string of the molecule is O=C(/C=C/c1ccc(OC(F)(F)F)cc1)NCCCN1CCCC1=O. The number of rotatable bonds is 7. The van der Waals surface area contributed by atoms with Crippen LogP contribution in [0, 0.1) is 0 Å². The van der Waals surface area contributed by atoms with E-state index >= 15 is 0 Å². The molecule has 5 nitrogen and oxygen atoms in total. The highest BCUT2D eigenvalue weighted by molar-refractivity contribution is 5.91. The zero-order valence-electron chi connectivity index (χ0n) is 13.5. The standard InChI is InChI=1S/C17H19F3N2O3/c18-17(19,20)25-14-7-4-13(5-8-14)6-9-15(23)21-10-2-12-22-11-1-3-16(22)24/h4-9H,1-3,10-12H2,(H,21,23)/b9-6+. The zero-order valence-corrected chi connectivity index (χ0v) is 13.5. The highest BCUT2D eigenvalue weighted by Crippen LogP contribution is 2.22. The van der Waals surface area contributed by atoms with Crippen LogP contribution < -0.4 is 10.1 Å². The predicted molar refractivity (Wildman–Crippen MR) is 85.6 cm³/mol. The van der Waals surface area contributed by atoms with Crippen LogP contribution >= 0.6 is 0 Å². The van der Waals surface area contributed by atoms with Crippen molar-refractivity contribution in [1.82, 2.24) is 10.2 Å². The maximum atomic E-state index is 12.1. The van der Waals surface area contributed by atoms with Gasteiger partial charge in [0.1, 0.15) is 5.75 Å². The number of alkyl halides is 3. The zero-order chi connectivity index (χ0) is 18.3. The van der Waals surface area contributed by atoms with Crippen LogP contribution in [0.2, 0.25) is 0 Å². The first-order valence-corrected chi connectivity index (χ1v) is 7.93. The second kappa shape index (κ2) is 8.55. The van der Waals surface area contributed by atoms with Crippen molar-refractivity contribution in [2.45, 2.75) is 25.6 Å². The summed E-state index contributed by atoms with van der Waals surface area (Å²) in [4.78, 5) is 24.9. The van der Waals surface area contributed by atoms with Gasteiger partial charge in [-0.15, -0.1) is 13.2 Å². The molecule has 1 fully saturated rings. The molecular weight excluding hydrogens is 337 g/mol. The minimum Gasteiger partial charge on any atom is -0.406 e. The fourth-order valence-electron chi connectivity index (χ4n) is 2.43. The van der Waals surface area contributed by atoms with E-state index in [4.69, 9.17) is 0 Å². The summed E-state index contributed by atoms with van der Waals surface area (Å²) in [6.07, 6.45) is 0.242. The lowest BCUT2D eigenvalue weighted by Crippen LogP contribution is -2.29. The van der Waals surface area contributed by atoms with Crippen LogP contribution in [0.5, 0.6) is 5.75 Å². The number of likely N-dealkylation sites (tertiary alicyclic amines) is 1. The molecule has 0 aromatic heterocycles. The summed E-state index contributed by atoms with van der Waals surface area (Å²) in [5.74, 6) is -0.460. The van der Waals surface area contributed by atoms with Crippen LogP contribution in [-0.2, 0) is 9.59 Å². The Morgan fingerprint density at radius 3 is 2.60 bits per heavy atom. The lowest BCUT2D eigenvalue weighted by Gasteiger charge is -2.14. The summed E-state index contributed by atoms with van der Waals surface area (Å²) in [6, 6.07) is 5.20. The van der Waals surface area contributed by atoms with Crippen molar-refractivity contribution < 1.29 is 27.5 Å². The third-order valence-corrected chi connectivity index (χ3v) is 3.62. The molecule has 1 aliphatic rings. The molecule has 0 atom stereocenters. The Morgan fingerprint density at radius 2 is 2.00 bits per heavy atom. The highest BCUT2D eigenvalue weighted by Gasteiger charge is 2.30. The first-order valence-electron chi connectivity index (χ1n) is 7.93. The molecule has 136 valence electrons. The topological polar surface area (TPSA) is 58.6 Å². The summed E-state index contributed by atoms with van der Waals surface area (Å²) in [5, 5.41) is 2.70. The number of nitrogens with zero attached hydrogens (tertiary/aromatic N) is 1. The Labute approximate surface area is 143 Å². The van der Waals surface area contributed by atoms with Gasteiger partial charge in [0.25, 0.3) is 0 Å². The number of nitrogens with one attached hydrogen (secondary N) is 1. The highest BCUT2D eigenvalue weighted by atomic mass is 19.4. The normalized spacial score (nSPS) is 15.0. The number of halogens is 3. The summed E-state index contributed by atoms with van der Waals surface area (Å²) in [6.45, 7) is 1.86. The van der Waals surface area contributed by atoms with Gasteiger partial charge in [0.05, 0.1) is 0 Å². The fourth-order valence-corrected chi connectivity index (χ4v) is 2.43. The molecule has 2 amide bonds. The van der Waals surface area contributed by atoms with Crippen molar-refractivity contribution in [1.29, 1.82) is 0 Å². The van der Waals surface area contributed by atoms with E-state index in [1.54, 1.807) is 4.90 Å². The molecule has 1 N–H and O–H groups in total. The van der Waals surface area contributed by atoms with Gasteiger partial charge in [0, 0.05) is 32.1 Å². The Balaban J connectivity index is 1.69. The van der Waals surface area contributed by atoms with Gasteiger partial charge in [-0.1, -0.05) is 12.1 Å². The number of hydrogen-bond donors (Lipinski definition) is 1. The van der Waals surface area contributed by atoms with Gasteiger partial charge in [0.2, 0.25) is 11.8 Å². The minimum atomic E-state index is -4.73. The molecule has 0 aliphatic carbocycles. The number of benzene rings is 1. The van der Waals surface area contributed by atoms with Crippen molar-refractivity contribution in [3.8, 4) is 5.75 Å². The third kappa shape index (κ3) is 6.86. The van der Waals surface area contributed by atoms with E-state index in [2.05, 4.69) is 10.1 Å². The summed E-state index contributed by atoms with van der Waals surface area (Å²) in [5.41, 5.74) is 0.576. The van der Waals surface area contributed by atoms with Crippen molar-refractivity contribution in [2.24, 2.45) is 0 Å². The Bertz CT molecular complexity index is 627. The van der Waals surface area contributed by atoms with E-state index in [0.29, 0.717) is 31.5 Å². The van der Waals surface area contributed by atoms with E-state index < -0.39 is 6.36 Å². The largest absolute Gasteiger partial charge is 0.573 e. The molecule has 1 aromatic rings. The van der Waals surface area contributed by atoms with Crippen molar-refractivity contribution in [3.05, 3.63) is 35.9 Å². The van der Waals surface area contributed by atoms with E-state index in [1.165, 1.54) is 36.4 Å². The molecular formula is C17H19F3N2O3. The average Bonchev–Trinajstić information content (AvgIpc) is 2.94. The van der Waals surface area contributed by atoms with Gasteiger partial charge >= 0.3 is 6.36 Å². The van der Waals surface area contributed by atoms with Gasteiger partial charge < -0.3 is 15.0 Å².